The fourth-order valence-corrected chi connectivity index (χ4v) is 3.62. The smallest absolute Gasteiger partial charge is 0.150 e. The second-order valence-electron chi connectivity index (χ2n) is 8.30. The van der Waals surface area contributed by atoms with Gasteiger partial charge in [-0.2, -0.15) is 0 Å². The molecule has 0 aliphatic rings. The van der Waals surface area contributed by atoms with Crippen molar-refractivity contribution in [3.63, 3.8) is 0 Å². The second kappa shape index (κ2) is 7.63. The maximum Gasteiger partial charge on any atom is 0.150 e. The van der Waals surface area contributed by atoms with Crippen LogP contribution >= 0.6 is 0 Å². The number of ether oxygens (including phenoxy) is 1. The maximum atomic E-state index is 11.0. The van der Waals surface area contributed by atoms with E-state index in [2.05, 4.69) is 64.1 Å². The summed E-state index contributed by atoms with van der Waals surface area (Å²) in [6, 6.07) is 25.0. The molecule has 0 bridgehead atoms. The lowest BCUT2D eigenvalue weighted by molar-refractivity contribution is 0.112. The van der Waals surface area contributed by atoms with Crippen LogP contribution in [-0.4, -0.2) is 13.4 Å². The van der Waals surface area contributed by atoms with E-state index in [1.165, 1.54) is 22.3 Å². The van der Waals surface area contributed by atoms with Crippen molar-refractivity contribution in [2.24, 2.45) is 0 Å². The van der Waals surface area contributed by atoms with Crippen molar-refractivity contribution < 1.29 is 9.53 Å². The minimum atomic E-state index is -0.159. The molecule has 0 spiro atoms. The molecule has 3 aromatic rings. The topological polar surface area (TPSA) is 26.3 Å². The Balaban J connectivity index is 1.98. The molecule has 2 nitrogen and oxygen atoms in total. The van der Waals surface area contributed by atoms with Gasteiger partial charge in [0.1, 0.15) is 12.0 Å². The Morgan fingerprint density at radius 1 is 0.679 bits per heavy atom. The van der Waals surface area contributed by atoms with Gasteiger partial charge in [-0.05, 0) is 34.4 Å². The highest BCUT2D eigenvalue weighted by atomic mass is 16.5. The van der Waals surface area contributed by atoms with Gasteiger partial charge in [0, 0.05) is 16.4 Å². The summed E-state index contributed by atoms with van der Waals surface area (Å²) in [6.45, 7) is 8.95. The van der Waals surface area contributed by atoms with E-state index in [0.29, 0.717) is 5.56 Å². The van der Waals surface area contributed by atoms with Crippen LogP contribution in [0, 0.1) is 0 Å². The second-order valence-corrected chi connectivity index (χ2v) is 8.30. The van der Waals surface area contributed by atoms with Crippen LogP contribution in [0.25, 0.3) is 0 Å². The van der Waals surface area contributed by atoms with Gasteiger partial charge in [0.2, 0.25) is 0 Å². The Hall–Kier alpha value is -2.87. The van der Waals surface area contributed by atoms with Crippen molar-refractivity contribution in [2.45, 2.75) is 38.5 Å². The molecule has 0 aliphatic carbocycles. The number of benzene rings is 3. The minimum Gasteiger partial charge on any atom is -0.497 e. The summed E-state index contributed by atoms with van der Waals surface area (Å²) in [6.07, 6.45) is 0.884. The largest absolute Gasteiger partial charge is 0.497 e. The van der Waals surface area contributed by atoms with Crippen LogP contribution in [0.2, 0.25) is 0 Å². The Morgan fingerprint density at radius 2 is 1.14 bits per heavy atom. The van der Waals surface area contributed by atoms with E-state index in [1.807, 2.05) is 36.4 Å². The number of carbonyl (C=O) groups excluding carboxylic acids is 1. The van der Waals surface area contributed by atoms with E-state index in [1.54, 1.807) is 7.11 Å². The average Bonchev–Trinajstić information content (AvgIpc) is 2.74. The van der Waals surface area contributed by atoms with Crippen molar-refractivity contribution in [3.8, 4) is 5.75 Å². The molecule has 0 aliphatic heterocycles. The Bertz CT molecular complexity index is 948. The predicted octanol–water partition coefficient (Wildman–Crippen LogP) is 6.16. The first-order valence-corrected chi connectivity index (χ1v) is 9.60. The van der Waals surface area contributed by atoms with E-state index in [4.69, 9.17) is 4.74 Å². The van der Waals surface area contributed by atoms with Gasteiger partial charge in [-0.25, -0.2) is 0 Å². The molecule has 144 valence electrons. The first kappa shape index (κ1) is 19.9. The zero-order valence-corrected chi connectivity index (χ0v) is 17.3. The summed E-state index contributed by atoms with van der Waals surface area (Å²) >= 11 is 0. The standard InChI is InChI=1S/C26H28O2/c1-25(2,20-11-9-19(18-27)10-12-20)22-7-6-8-23(17-22)26(3,4)21-13-15-24(28-5)16-14-21/h6-18H,1-5H3. The number of hydrogen-bond donors (Lipinski definition) is 0. The molecule has 0 radical (unpaired) electrons. The molecule has 3 aromatic carbocycles. The van der Waals surface area contributed by atoms with E-state index < -0.39 is 0 Å². The van der Waals surface area contributed by atoms with Gasteiger partial charge in [-0.1, -0.05) is 88.4 Å². The van der Waals surface area contributed by atoms with Crippen LogP contribution in [0.4, 0.5) is 0 Å². The van der Waals surface area contributed by atoms with Crippen molar-refractivity contribution in [1.29, 1.82) is 0 Å². The zero-order valence-electron chi connectivity index (χ0n) is 17.3. The lowest BCUT2D eigenvalue weighted by Gasteiger charge is -2.31. The highest BCUT2D eigenvalue weighted by Crippen LogP contribution is 2.37. The monoisotopic (exact) mass is 372 g/mol. The molecule has 2 heteroatoms. The lowest BCUT2D eigenvalue weighted by atomic mass is 9.73. The van der Waals surface area contributed by atoms with Gasteiger partial charge < -0.3 is 4.74 Å². The summed E-state index contributed by atoms with van der Waals surface area (Å²) in [5, 5.41) is 0. The molecule has 0 saturated heterocycles. The summed E-state index contributed by atoms with van der Waals surface area (Å²) in [4.78, 5) is 11.0. The molecule has 3 rings (SSSR count). The normalized spacial score (nSPS) is 11.9. The Morgan fingerprint density at radius 3 is 1.57 bits per heavy atom. The molecule has 0 amide bonds. The third kappa shape index (κ3) is 3.73. The Labute approximate surface area is 168 Å². The number of hydrogen-bond acceptors (Lipinski definition) is 2. The van der Waals surface area contributed by atoms with Gasteiger partial charge in [0.25, 0.3) is 0 Å². The molecule has 0 atom stereocenters. The third-order valence-corrected chi connectivity index (χ3v) is 5.89. The molecule has 0 aromatic heterocycles. The number of carbonyl (C=O) groups is 1. The van der Waals surface area contributed by atoms with Crippen LogP contribution in [0.5, 0.6) is 5.75 Å². The maximum absolute atomic E-state index is 11.0. The van der Waals surface area contributed by atoms with E-state index in [-0.39, 0.29) is 10.8 Å². The fraction of sp³-hybridized carbons (Fsp3) is 0.269. The van der Waals surface area contributed by atoms with Crippen molar-refractivity contribution in [2.75, 3.05) is 7.11 Å². The SMILES string of the molecule is COc1ccc(C(C)(C)c2cccc(C(C)(C)c3ccc(C=O)cc3)c2)cc1. The van der Waals surface area contributed by atoms with Gasteiger partial charge in [-0.15, -0.1) is 0 Å². The first-order valence-electron chi connectivity index (χ1n) is 9.60. The van der Waals surface area contributed by atoms with E-state index >= 15 is 0 Å². The van der Waals surface area contributed by atoms with Crippen LogP contribution in [0.15, 0.2) is 72.8 Å². The predicted molar refractivity (Wildman–Crippen MR) is 116 cm³/mol. The summed E-state index contributed by atoms with van der Waals surface area (Å²) in [5.41, 5.74) is 5.39. The molecule has 28 heavy (non-hydrogen) atoms. The van der Waals surface area contributed by atoms with Crippen molar-refractivity contribution in [1.82, 2.24) is 0 Å². The highest BCUT2D eigenvalue weighted by molar-refractivity contribution is 5.74. The fourth-order valence-electron chi connectivity index (χ4n) is 3.62. The van der Waals surface area contributed by atoms with Gasteiger partial charge >= 0.3 is 0 Å². The molecule has 0 heterocycles. The number of methoxy groups -OCH3 is 1. The summed E-state index contributed by atoms with van der Waals surface area (Å²) in [7, 11) is 1.69. The number of rotatable bonds is 6. The minimum absolute atomic E-state index is 0.125. The van der Waals surface area contributed by atoms with Crippen molar-refractivity contribution >= 4 is 6.29 Å². The average molecular weight is 373 g/mol. The molecular weight excluding hydrogens is 344 g/mol. The van der Waals surface area contributed by atoms with E-state index in [0.717, 1.165) is 12.0 Å². The number of aldehydes is 1. The summed E-state index contributed by atoms with van der Waals surface area (Å²) in [5.74, 6) is 0.869. The molecule has 0 N–H and O–H groups in total. The molecule has 0 unspecified atom stereocenters. The van der Waals surface area contributed by atoms with Gasteiger partial charge in [-0.3, -0.25) is 4.79 Å². The lowest BCUT2D eigenvalue weighted by Crippen LogP contribution is -2.23. The van der Waals surface area contributed by atoms with Crippen LogP contribution < -0.4 is 4.74 Å². The van der Waals surface area contributed by atoms with Crippen LogP contribution in [0.1, 0.15) is 60.3 Å². The third-order valence-electron chi connectivity index (χ3n) is 5.89. The van der Waals surface area contributed by atoms with Gasteiger partial charge in [0.15, 0.2) is 0 Å². The summed E-state index contributed by atoms with van der Waals surface area (Å²) < 4.78 is 5.30. The zero-order chi connectivity index (χ0) is 20.4. The first-order chi connectivity index (χ1) is 13.3. The van der Waals surface area contributed by atoms with Crippen LogP contribution in [-0.2, 0) is 10.8 Å². The Kier molecular flexibility index (Phi) is 5.42. The molecule has 0 fully saturated rings. The molecule has 0 saturated carbocycles. The highest BCUT2D eigenvalue weighted by Gasteiger charge is 2.27. The van der Waals surface area contributed by atoms with Gasteiger partial charge in [0.05, 0.1) is 7.11 Å². The molecular formula is C26H28O2. The van der Waals surface area contributed by atoms with E-state index in [9.17, 15) is 4.79 Å². The van der Waals surface area contributed by atoms with Crippen molar-refractivity contribution in [3.05, 3.63) is 101 Å². The van der Waals surface area contributed by atoms with Crippen LogP contribution in [0.3, 0.4) is 0 Å². The quantitative estimate of drug-likeness (QED) is 0.484.